The first-order valence-electron chi connectivity index (χ1n) is 12.2. The summed E-state index contributed by atoms with van der Waals surface area (Å²) in [6.07, 6.45) is 12.7. The second-order valence-electron chi connectivity index (χ2n) is 9.43. The Bertz CT molecular complexity index is 1150. The fourth-order valence-electron chi connectivity index (χ4n) is 5.13. The fraction of sp³-hybridized carbons (Fsp3) is 0.538. The molecule has 0 radical (unpaired) electrons. The number of nitriles is 1. The number of hydrogen-bond donors (Lipinski definition) is 0. The molecule has 3 aromatic heterocycles. The van der Waals surface area contributed by atoms with Crippen LogP contribution in [0.4, 0.5) is 0 Å². The molecule has 1 aliphatic carbocycles. The topological polar surface area (TPSA) is 85.9 Å². The lowest BCUT2D eigenvalue weighted by atomic mass is 9.87. The summed E-state index contributed by atoms with van der Waals surface area (Å²) >= 11 is 0. The average Bonchev–Trinajstić information content (AvgIpc) is 3.51. The van der Waals surface area contributed by atoms with Crippen LogP contribution >= 0.6 is 0 Å². The van der Waals surface area contributed by atoms with Crippen molar-refractivity contribution in [3.05, 3.63) is 35.9 Å². The third-order valence-corrected chi connectivity index (χ3v) is 6.99. The number of pyridine rings is 1. The van der Waals surface area contributed by atoms with Crippen molar-refractivity contribution >= 4 is 11.0 Å². The molecule has 1 atom stereocenters. The first kappa shape index (κ1) is 21.8. The fourth-order valence-corrected chi connectivity index (χ4v) is 5.13. The maximum absolute atomic E-state index is 9.54. The molecule has 7 heteroatoms. The minimum Gasteiger partial charge on any atom is -0.477 e. The molecule has 5 rings (SSSR count). The van der Waals surface area contributed by atoms with Crippen LogP contribution in [0.5, 0.6) is 5.88 Å². The van der Waals surface area contributed by atoms with Crippen molar-refractivity contribution in [2.24, 2.45) is 11.8 Å². The van der Waals surface area contributed by atoms with E-state index in [-0.39, 0.29) is 5.82 Å². The van der Waals surface area contributed by atoms with Crippen molar-refractivity contribution in [3.8, 4) is 23.2 Å². The van der Waals surface area contributed by atoms with E-state index in [2.05, 4.69) is 25.6 Å². The van der Waals surface area contributed by atoms with Crippen molar-refractivity contribution in [2.75, 3.05) is 19.8 Å². The molecular weight excluding hydrogens is 414 g/mol. The minimum absolute atomic E-state index is 0.172. The SMILES string of the molecule is Cc1cc(-c2nc(C#N)nc3c2ccn3CC2CCOC2)cnc1OCCC1CCCCC1. The van der Waals surface area contributed by atoms with E-state index in [0.29, 0.717) is 18.4 Å². The quantitative estimate of drug-likeness (QED) is 0.505. The van der Waals surface area contributed by atoms with Gasteiger partial charge in [-0.1, -0.05) is 32.1 Å². The number of aromatic nitrogens is 4. The normalized spacial score (nSPS) is 19.1. The first-order valence-corrected chi connectivity index (χ1v) is 12.2. The van der Waals surface area contributed by atoms with E-state index in [9.17, 15) is 5.26 Å². The van der Waals surface area contributed by atoms with Gasteiger partial charge in [-0.15, -0.1) is 0 Å². The Morgan fingerprint density at radius 1 is 1.18 bits per heavy atom. The van der Waals surface area contributed by atoms with Gasteiger partial charge in [0.2, 0.25) is 11.7 Å². The molecule has 172 valence electrons. The zero-order valence-electron chi connectivity index (χ0n) is 19.3. The van der Waals surface area contributed by atoms with Gasteiger partial charge in [-0.2, -0.15) is 5.26 Å². The van der Waals surface area contributed by atoms with Crippen molar-refractivity contribution in [1.29, 1.82) is 5.26 Å². The summed E-state index contributed by atoms with van der Waals surface area (Å²) in [6, 6.07) is 6.20. The Kier molecular flexibility index (Phi) is 6.54. The summed E-state index contributed by atoms with van der Waals surface area (Å²) in [5.74, 6) is 2.11. The van der Waals surface area contributed by atoms with Crippen molar-refractivity contribution in [2.45, 2.75) is 58.4 Å². The Morgan fingerprint density at radius 3 is 2.82 bits per heavy atom. The van der Waals surface area contributed by atoms with Gasteiger partial charge < -0.3 is 14.0 Å². The van der Waals surface area contributed by atoms with E-state index in [1.165, 1.54) is 32.1 Å². The molecule has 0 N–H and O–H groups in total. The van der Waals surface area contributed by atoms with Gasteiger partial charge in [-0.05, 0) is 37.8 Å². The van der Waals surface area contributed by atoms with Crippen molar-refractivity contribution in [3.63, 3.8) is 0 Å². The molecule has 0 bridgehead atoms. The lowest BCUT2D eigenvalue weighted by Gasteiger charge is -2.21. The number of fused-ring (bicyclic) bond motifs is 1. The van der Waals surface area contributed by atoms with Crippen LogP contribution < -0.4 is 4.74 Å². The Morgan fingerprint density at radius 2 is 2.06 bits per heavy atom. The molecule has 0 spiro atoms. The number of aryl methyl sites for hydroxylation is 1. The monoisotopic (exact) mass is 445 g/mol. The number of ether oxygens (including phenoxy) is 2. The molecule has 4 heterocycles. The second kappa shape index (κ2) is 9.88. The Hall–Kier alpha value is -2.98. The van der Waals surface area contributed by atoms with E-state index in [0.717, 1.165) is 66.4 Å². The smallest absolute Gasteiger partial charge is 0.234 e. The molecule has 2 aliphatic rings. The third-order valence-electron chi connectivity index (χ3n) is 6.99. The molecule has 1 unspecified atom stereocenters. The highest BCUT2D eigenvalue weighted by molar-refractivity contribution is 5.91. The summed E-state index contributed by atoms with van der Waals surface area (Å²) in [5.41, 5.74) is 3.37. The summed E-state index contributed by atoms with van der Waals surface area (Å²) in [5, 5.41) is 10.5. The first-order chi connectivity index (χ1) is 16.2. The molecule has 2 fully saturated rings. The third kappa shape index (κ3) is 4.86. The van der Waals surface area contributed by atoms with Crippen molar-refractivity contribution < 1.29 is 9.47 Å². The second-order valence-corrected chi connectivity index (χ2v) is 9.43. The van der Waals surface area contributed by atoms with Gasteiger partial charge in [-0.25, -0.2) is 15.0 Å². The molecule has 33 heavy (non-hydrogen) atoms. The van der Waals surface area contributed by atoms with Gasteiger partial charge in [0.25, 0.3) is 0 Å². The molecule has 7 nitrogen and oxygen atoms in total. The molecule has 1 saturated carbocycles. The molecular formula is C26H31N5O2. The highest BCUT2D eigenvalue weighted by Gasteiger charge is 2.20. The molecule has 1 saturated heterocycles. The van der Waals surface area contributed by atoms with Crippen LogP contribution in [-0.4, -0.2) is 39.3 Å². The predicted molar refractivity (Wildman–Crippen MR) is 126 cm³/mol. The molecule has 0 amide bonds. The predicted octanol–water partition coefficient (Wildman–Crippen LogP) is 5.06. The van der Waals surface area contributed by atoms with Gasteiger partial charge in [0, 0.05) is 48.0 Å². The van der Waals surface area contributed by atoms with E-state index in [1.54, 1.807) is 6.20 Å². The van der Waals surface area contributed by atoms with Crippen LogP contribution in [0.1, 0.15) is 56.3 Å². The summed E-state index contributed by atoms with van der Waals surface area (Å²) in [7, 11) is 0. The van der Waals surface area contributed by atoms with E-state index >= 15 is 0 Å². The zero-order chi connectivity index (χ0) is 22.6. The maximum Gasteiger partial charge on any atom is 0.234 e. The average molecular weight is 446 g/mol. The lowest BCUT2D eigenvalue weighted by molar-refractivity contribution is 0.182. The van der Waals surface area contributed by atoms with Crippen LogP contribution in [-0.2, 0) is 11.3 Å². The van der Waals surface area contributed by atoms with Gasteiger partial charge in [-0.3, -0.25) is 0 Å². The van der Waals surface area contributed by atoms with Crippen LogP contribution in [0.15, 0.2) is 24.5 Å². The molecule has 3 aromatic rings. The Balaban J connectivity index is 1.37. The Labute approximate surface area is 194 Å². The van der Waals surface area contributed by atoms with Gasteiger partial charge in [0.05, 0.1) is 18.9 Å². The number of hydrogen-bond acceptors (Lipinski definition) is 6. The largest absolute Gasteiger partial charge is 0.477 e. The zero-order valence-corrected chi connectivity index (χ0v) is 19.3. The van der Waals surface area contributed by atoms with Crippen molar-refractivity contribution in [1.82, 2.24) is 19.5 Å². The van der Waals surface area contributed by atoms with E-state index in [4.69, 9.17) is 9.47 Å². The van der Waals surface area contributed by atoms with Crippen LogP contribution in [0.2, 0.25) is 0 Å². The molecule has 0 aromatic carbocycles. The number of rotatable bonds is 7. The van der Waals surface area contributed by atoms with E-state index < -0.39 is 0 Å². The standard InChI is InChI=1S/C26H31N5O2/c1-18-13-21(15-28-26(18)33-12-9-19-5-3-2-4-6-19)24-22-7-10-31(16-20-8-11-32-17-20)25(22)30-23(14-27)29-24/h7,10,13,15,19-20H,2-6,8-9,11-12,16-17H2,1H3. The van der Waals surface area contributed by atoms with Gasteiger partial charge >= 0.3 is 0 Å². The van der Waals surface area contributed by atoms with Crippen LogP contribution in [0.3, 0.4) is 0 Å². The lowest BCUT2D eigenvalue weighted by Crippen LogP contribution is -2.11. The minimum atomic E-state index is 0.172. The van der Waals surface area contributed by atoms with Gasteiger partial charge in [0.1, 0.15) is 11.7 Å². The van der Waals surface area contributed by atoms with Gasteiger partial charge in [0.15, 0.2) is 0 Å². The summed E-state index contributed by atoms with van der Waals surface area (Å²) in [4.78, 5) is 13.7. The summed E-state index contributed by atoms with van der Waals surface area (Å²) in [6.45, 7) is 5.14. The van der Waals surface area contributed by atoms with E-state index in [1.807, 2.05) is 25.3 Å². The summed E-state index contributed by atoms with van der Waals surface area (Å²) < 4.78 is 13.7. The number of nitrogens with zero attached hydrogens (tertiary/aromatic N) is 5. The molecule has 1 aliphatic heterocycles. The maximum atomic E-state index is 9.54. The van der Waals surface area contributed by atoms with Crippen LogP contribution in [0, 0.1) is 30.1 Å². The highest BCUT2D eigenvalue weighted by atomic mass is 16.5. The van der Waals surface area contributed by atoms with Crippen LogP contribution in [0.25, 0.3) is 22.3 Å². The highest BCUT2D eigenvalue weighted by Crippen LogP contribution is 2.31.